The maximum Gasteiger partial charge on any atom is 0.309 e. The molecular formula is C64H108O11. The Hall–Kier alpha value is -3.24. The second-order valence-corrected chi connectivity index (χ2v) is 24.3. The highest BCUT2D eigenvalue weighted by Crippen LogP contribution is 2.65. The first-order valence-corrected chi connectivity index (χ1v) is 31.4. The summed E-state index contributed by atoms with van der Waals surface area (Å²) >= 11 is 0. The number of ketones is 1. The van der Waals surface area contributed by atoms with Crippen molar-refractivity contribution in [3.63, 3.8) is 0 Å². The molecule has 0 spiro atoms. The first-order valence-electron chi connectivity index (χ1n) is 31.4. The normalized spacial score (nSPS) is 23.4. The van der Waals surface area contributed by atoms with Crippen molar-refractivity contribution in [2.24, 2.45) is 34.5 Å². The molecule has 0 heterocycles. The number of hydrogen-bond acceptors (Lipinski definition) is 11. The van der Waals surface area contributed by atoms with Crippen LogP contribution in [0.15, 0.2) is 11.6 Å². The van der Waals surface area contributed by atoms with Crippen molar-refractivity contribution in [1.82, 2.24) is 0 Å². The van der Waals surface area contributed by atoms with Crippen LogP contribution in [0, 0.1) is 34.5 Å². The Labute approximate surface area is 456 Å². The summed E-state index contributed by atoms with van der Waals surface area (Å²) in [6.45, 7) is 10.5. The van der Waals surface area contributed by atoms with E-state index in [1.807, 2.05) is 6.08 Å². The third-order valence-electron chi connectivity index (χ3n) is 18.2. The molecule has 0 aliphatic heterocycles. The number of carbonyl (C=O) groups excluding carboxylic acids is 6. The third kappa shape index (κ3) is 23.7. The number of esters is 5. The first-order chi connectivity index (χ1) is 36.3. The molecule has 3 saturated carbocycles. The van der Waals surface area contributed by atoms with Crippen molar-refractivity contribution in [3.8, 4) is 0 Å². The van der Waals surface area contributed by atoms with Gasteiger partial charge in [-0.15, -0.1) is 0 Å². The molecule has 1 unspecified atom stereocenters. The van der Waals surface area contributed by atoms with E-state index in [0.29, 0.717) is 37.0 Å². The van der Waals surface area contributed by atoms with Crippen molar-refractivity contribution in [3.05, 3.63) is 11.6 Å². The van der Waals surface area contributed by atoms with E-state index >= 15 is 0 Å². The number of fused-ring (bicyclic) bond motifs is 5. The number of unbranched alkanes of at least 4 members (excludes halogenated alkanes) is 25. The van der Waals surface area contributed by atoms with Gasteiger partial charge in [0.05, 0.1) is 18.9 Å². The molecule has 0 bridgehead atoms. The maximum atomic E-state index is 13.3. The van der Waals surface area contributed by atoms with Crippen molar-refractivity contribution in [1.29, 1.82) is 0 Å². The molecule has 75 heavy (non-hydrogen) atoms. The molecule has 430 valence electrons. The van der Waals surface area contributed by atoms with E-state index in [4.69, 9.17) is 23.7 Å². The van der Waals surface area contributed by atoms with Gasteiger partial charge in [-0.3, -0.25) is 28.8 Å². The second-order valence-electron chi connectivity index (χ2n) is 24.3. The average Bonchev–Trinajstić information content (AvgIpc) is 3.72. The zero-order chi connectivity index (χ0) is 54.2. The number of ether oxygens (including phenoxy) is 5. The van der Waals surface area contributed by atoms with E-state index in [1.54, 1.807) is 6.92 Å². The van der Waals surface area contributed by atoms with Crippen LogP contribution >= 0.6 is 0 Å². The molecule has 4 rings (SSSR count). The highest BCUT2D eigenvalue weighted by atomic mass is 16.6. The fourth-order valence-electron chi connectivity index (χ4n) is 13.4. The minimum Gasteiger partial charge on any atom is -0.466 e. The molecule has 0 aromatic heterocycles. The first kappa shape index (κ1) is 64.3. The van der Waals surface area contributed by atoms with E-state index in [0.717, 1.165) is 83.5 Å². The molecule has 0 radical (unpaired) electrons. The van der Waals surface area contributed by atoms with Gasteiger partial charge in [0.1, 0.15) is 19.3 Å². The van der Waals surface area contributed by atoms with Crippen LogP contribution < -0.4 is 0 Å². The van der Waals surface area contributed by atoms with Crippen LogP contribution in [0.25, 0.3) is 0 Å². The summed E-state index contributed by atoms with van der Waals surface area (Å²) in [4.78, 5) is 77.0. The Balaban J connectivity index is 1.11. The molecule has 0 amide bonds. The highest BCUT2D eigenvalue weighted by molar-refractivity contribution is 5.91. The van der Waals surface area contributed by atoms with Crippen LogP contribution in [0.5, 0.6) is 0 Å². The standard InChI is InChI=1S/C64H108O11/c1-6-8-10-12-14-16-18-20-22-24-26-28-30-34-58(66)72-48-53(49-73-59(67)35-31-29-27-25-23-21-19-17-15-13-11-9-7-2)74-62(70)50(3)46-61(69)71-45-33-32-36-60(68)75-57-40-39-55-54-38-37-51-47-52(65)41-43-63(51,4)56(54)42-44-64(55,57)5/h47,50,53-57H,6-46,48-49H2,1-5H3/t50?,54-,55-,56-,57-,63-,64-/m0/s1. The quantitative estimate of drug-likeness (QED) is 0.0327. The largest absolute Gasteiger partial charge is 0.466 e. The molecular weight excluding hydrogens is 945 g/mol. The highest BCUT2D eigenvalue weighted by Gasteiger charge is 2.60. The molecule has 3 fully saturated rings. The van der Waals surface area contributed by atoms with Crippen molar-refractivity contribution in [2.75, 3.05) is 19.8 Å². The minimum absolute atomic E-state index is 0.0295. The van der Waals surface area contributed by atoms with Crippen LogP contribution in [0.3, 0.4) is 0 Å². The van der Waals surface area contributed by atoms with Gasteiger partial charge in [-0.2, -0.15) is 0 Å². The summed E-state index contributed by atoms with van der Waals surface area (Å²) in [7, 11) is 0. The molecule has 0 N–H and O–H groups in total. The van der Waals surface area contributed by atoms with Crippen LogP contribution in [0.4, 0.5) is 0 Å². The lowest BCUT2D eigenvalue weighted by molar-refractivity contribution is -0.170. The molecule has 11 heteroatoms. The summed E-state index contributed by atoms with van der Waals surface area (Å²) < 4.78 is 28.5. The predicted octanol–water partition coefficient (Wildman–Crippen LogP) is 16.1. The number of allylic oxidation sites excluding steroid dienone is 1. The lowest BCUT2D eigenvalue weighted by Gasteiger charge is -2.57. The number of hydrogen-bond donors (Lipinski definition) is 0. The molecule has 4 aliphatic rings. The zero-order valence-corrected chi connectivity index (χ0v) is 48.4. The van der Waals surface area contributed by atoms with E-state index in [-0.39, 0.29) is 86.1 Å². The Kier molecular flexibility index (Phi) is 31.5. The van der Waals surface area contributed by atoms with Gasteiger partial charge in [-0.05, 0) is 99.9 Å². The predicted molar refractivity (Wildman–Crippen MR) is 298 cm³/mol. The summed E-state index contributed by atoms with van der Waals surface area (Å²) in [6.07, 6.45) is 41.8. The maximum absolute atomic E-state index is 13.3. The Bertz CT molecular complexity index is 1660. The number of carbonyl (C=O) groups is 6. The fourth-order valence-corrected chi connectivity index (χ4v) is 13.4. The molecule has 0 aromatic rings. The van der Waals surface area contributed by atoms with Gasteiger partial charge in [-0.25, -0.2) is 0 Å². The molecule has 7 atom stereocenters. The van der Waals surface area contributed by atoms with Crippen molar-refractivity contribution >= 4 is 35.6 Å². The minimum atomic E-state index is -0.999. The Morgan fingerprint density at radius 3 is 1.53 bits per heavy atom. The smallest absolute Gasteiger partial charge is 0.309 e. The van der Waals surface area contributed by atoms with Gasteiger partial charge in [0.15, 0.2) is 11.9 Å². The summed E-state index contributed by atoms with van der Waals surface area (Å²) in [5.41, 5.74) is 1.46. The van der Waals surface area contributed by atoms with E-state index < -0.39 is 24.0 Å². The van der Waals surface area contributed by atoms with Crippen LogP contribution in [0.2, 0.25) is 0 Å². The Morgan fingerprint density at radius 2 is 1.01 bits per heavy atom. The topological polar surface area (TPSA) is 149 Å². The molecule has 4 aliphatic carbocycles. The van der Waals surface area contributed by atoms with Gasteiger partial charge in [0.25, 0.3) is 0 Å². The summed E-state index contributed by atoms with van der Waals surface area (Å²) in [5.74, 6) is -1.02. The SMILES string of the molecule is CCCCCCCCCCCCCCCC(=O)OCC(COC(=O)CCCCCCCCCCCCCCC)OC(=O)C(C)CC(=O)OCCCCC(=O)O[C@H]1CC[C@H]2[C@@H]3CCC4=CC(=O)CC[C@]4(C)[C@H]3CC[C@]12C. The van der Waals surface area contributed by atoms with Gasteiger partial charge in [0.2, 0.25) is 0 Å². The molecule has 11 nitrogen and oxygen atoms in total. The van der Waals surface area contributed by atoms with Crippen molar-refractivity contribution < 1.29 is 52.5 Å². The molecule has 0 aromatic carbocycles. The molecule has 0 saturated heterocycles. The van der Waals surface area contributed by atoms with E-state index in [1.165, 1.54) is 134 Å². The summed E-state index contributed by atoms with van der Waals surface area (Å²) in [6, 6.07) is 0. The van der Waals surface area contributed by atoms with Gasteiger partial charge in [-0.1, -0.05) is 194 Å². The number of rotatable bonds is 42. The Morgan fingerprint density at radius 1 is 0.533 bits per heavy atom. The summed E-state index contributed by atoms with van der Waals surface area (Å²) in [5, 5.41) is 0. The van der Waals surface area contributed by atoms with Crippen molar-refractivity contribution in [2.45, 2.75) is 304 Å². The van der Waals surface area contributed by atoms with Crippen LogP contribution in [-0.2, 0) is 52.5 Å². The van der Waals surface area contributed by atoms with Gasteiger partial charge >= 0.3 is 29.8 Å². The van der Waals surface area contributed by atoms with Gasteiger partial charge < -0.3 is 23.7 Å². The lowest BCUT2D eigenvalue weighted by Crippen LogP contribution is -2.51. The second kappa shape index (κ2) is 36.8. The third-order valence-corrected chi connectivity index (χ3v) is 18.2. The van der Waals surface area contributed by atoms with Gasteiger partial charge in [0, 0.05) is 31.1 Å². The van der Waals surface area contributed by atoms with Crippen LogP contribution in [-0.4, -0.2) is 67.7 Å². The van der Waals surface area contributed by atoms with E-state index in [9.17, 15) is 28.8 Å². The van der Waals surface area contributed by atoms with Crippen LogP contribution in [0.1, 0.15) is 291 Å². The lowest BCUT2D eigenvalue weighted by atomic mass is 9.47. The van der Waals surface area contributed by atoms with E-state index in [2.05, 4.69) is 27.7 Å². The average molecular weight is 1050 g/mol. The monoisotopic (exact) mass is 1050 g/mol. The fraction of sp³-hybridized carbons (Fsp3) is 0.875. The zero-order valence-electron chi connectivity index (χ0n) is 48.4.